The van der Waals surface area contributed by atoms with Crippen molar-refractivity contribution in [1.29, 1.82) is 0 Å². The van der Waals surface area contributed by atoms with E-state index in [-0.39, 0.29) is 5.91 Å². The Morgan fingerprint density at radius 1 is 1.40 bits per heavy atom. The molecule has 0 heterocycles. The van der Waals surface area contributed by atoms with Crippen LogP contribution in [0.25, 0.3) is 0 Å². The standard InChI is InChI=1S/C11H24N2O2/c1-5-11(6-2,8-12)10(14)13-15-7-9(3)4/h9H,5-8,12H2,1-4H3,(H,13,14). The zero-order valence-corrected chi connectivity index (χ0v) is 10.3. The Kier molecular flexibility index (Phi) is 6.52. The van der Waals surface area contributed by atoms with Gasteiger partial charge in [0.1, 0.15) is 0 Å². The maximum atomic E-state index is 11.8. The molecule has 0 radical (unpaired) electrons. The summed E-state index contributed by atoms with van der Waals surface area (Å²) in [6, 6.07) is 0. The van der Waals surface area contributed by atoms with Crippen LogP contribution in [0.5, 0.6) is 0 Å². The molecular weight excluding hydrogens is 192 g/mol. The average Bonchev–Trinajstić information content (AvgIpc) is 2.21. The van der Waals surface area contributed by atoms with Gasteiger partial charge >= 0.3 is 0 Å². The van der Waals surface area contributed by atoms with Gasteiger partial charge in [-0.25, -0.2) is 5.48 Å². The van der Waals surface area contributed by atoms with Gasteiger partial charge in [-0.05, 0) is 18.8 Å². The van der Waals surface area contributed by atoms with Crippen molar-refractivity contribution in [3.05, 3.63) is 0 Å². The number of amides is 1. The summed E-state index contributed by atoms with van der Waals surface area (Å²) >= 11 is 0. The fourth-order valence-electron chi connectivity index (χ4n) is 1.33. The lowest BCUT2D eigenvalue weighted by Crippen LogP contribution is -2.45. The summed E-state index contributed by atoms with van der Waals surface area (Å²) in [7, 11) is 0. The second kappa shape index (κ2) is 6.80. The first-order valence-electron chi connectivity index (χ1n) is 5.64. The van der Waals surface area contributed by atoms with Gasteiger partial charge in [0.05, 0.1) is 12.0 Å². The molecule has 0 saturated heterocycles. The van der Waals surface area contributed by atoms with Gasteiger partial charge < -0.3 is 5.73 Å². The fraction of sp³-hybridized carbons (Fsp3) is 0.909. The maximum Gasteiger partial charge on any atom is 0.251 e. The van der Waals surface area contributed by atoms with Crippen molar-refractivity contribution < 1.29 is 9.63 Å². The molecule has 0 atom stereocenters. The average molecular weight is 216 g/mol. The second-order valence-electron chi connectivity index (χ2n) is 4.33. The van der Waals surface area contributed by atoms with Gasteiger partial charge in [-0.2, -0.15) is 0 Å². The molecule has 0 aliphatic heterocycles. The summed E-state index contributed by atoms with van der Waals surface area (Å²) < 4.78 is 0. The zero-order chi connectivity index (χ0) is 11.9. The van der Waals surface area contributed by atoms with E-state index < -0.39 is 5.41 Å². The molecule has 0 spiro atoms. The Hall–Kier alpha value is -0.610. The first kappa shape index (κ1) is 14.4. The molecule has 4 heteroatoms. The number of rotatable bonds is 7. The van der Waals surface area contributed by atoms with Crippen LogP contribution in [0.1, 0.15) is 40.5 Å². The van der Waals surface area contributed by atoms with E-state index in [1.165, 1.54) is 0 Å². The van der Waals surface area contributed by atoms with Crippen LogP contribution >= 0.6 is 0 Å². The molecule has 0 rings (SSSR count). The van der Waals surface area contributed by atoms with Crippen LogP contribution in [0.4, 0.5) is 0 Å². The third-order valence-electron chi connectivity index (χ3n) is 2.81. The molecule has 90 valence electrons. The van der Waals surface area contributed by atoms with E-state index in [9.17, 15) is 4.79 Å². The normalized spacial score (nSPS) is 11.9. The lowest BCUT2D eigenvalue weighted by molar-refractivity contribution is -0.145. The molecular formula is C11H24N2O2. The van der Waals surface area contributed by atoms with Crippen molar-refractivity contribution in [1.82, 2.24) is 5.48 Å². The molecule has 0 fully saturated rings. The largest absolute Gasteiger partial charge is 0.329 e. The summed E-state index contributed by atoms with van der Waals surface area (Å²) in [5.41, 5.74) is 7.66. The number of carbonyl (C=O) groups is 1. The van der Waals surface area contributed by atoms with E-state index in [0.29, 0.717) is 19.1 Å². The minimum atomic E-state index is -0.475. The summed E-state index contributed by atoms with van der Waals surface area (Å²) in [4.78, 5) is 16.9. The van der Waals surface area contributed by atoms with Gasteiger partial charge in [-0.3, -0.25) is 9.63 Å². The van der Waals surface area contributed by atoms with Crippen LogP contribution in [0.2, 0.25) is 0 Å². The van der Waals surface area contributed by atoms with Gasteiger partial charge in [0, 0.05) is 6.54 Å². The molecule has 0 aromatic heterocycles. The van der Waals surface area contributed by atoms with Crippen LogP contribution in [-0.4, -0.2) is 19.1 Å². The quantitative estimate of drug-likeness (QED) is 0.633. The molecule has 0 aromatic rings. The number of hydrogen-bond donors (Lipinski definition) is 2. The molecule has 4 nitrogen and oxygen atoms in total. The highest BCUT2D eigenvalue weighted by molar-refractivity contribution is 5.81. The van der Waals surface area contributed by atoms with Crippen molar-refractivity contribution in [2.45, 2.75) is 40.5 Å². The highest BCUT2D eigenvalue weighted by Crippen LogP contribution is 2.24. The summed E-state index contributed by atoms with van der Waals surface area (Å²) in [5, 5.41) is 0. The first-order chi connectivity index (χ1) is 7.02. The van der Waals surface area contributed by atoms with Crippen LogP contribution in [0, 0.1) is 11.3 Å². The number of nitrogens with two attached hydrogens (primary N) is 1. The minimum Gasteiger partial charge on any atom is -0.329 e. The molecule has 0 bridgehead atoms. The zero-order valence-electron chi connectivity index (χ0n) is 10.3. The van der Waals surface area contributed by atoms with Gasteiger partial charge in [-0.15, -0.1) is 0 Å². The number of carbonyl (C=O) groups excluding carboxylic acids is 1. The van der Waals surface area contributed by atoms with E-state index in [1.807, 2.05) is 27.7 Å². The number of nitrogens with one attached hydrogen (secondary N) is 1. The Balaban J connectivity index is 4.15. The molecule has 0 aromatic carbocycles. The number of hydrogen-bond acceptors (Lipinski definition) is 3. The predicted octanol–water partition coefficient (Wildman–Crippen LogP) is 1.46. The van der Waals surface area contributed by atoms with E-state index in [4.69, 9.17) is 10.6 Å². The van der Waals surface area contributed by atoms with Crippen molar-refractivity contribution in [2.75, 3.05) is 13.2 Å². The molecule has 3 N–H and O–H groups in total. The minimum absolute atomic E-state index is 0.101. The summed E-state index contributed by atoms with van der Waals surface area (Å²) in [6.45, 7) is 8.89. The summed E-state index contributed by atoms with van der Waals surface area (Å²) in [5.74, 6) is 0.302. The van der Waals surface area contributed by atoms with Crippen molar-refractivity contribution in [3.63, 3.8) is 0 Å². The topological polar surface area (TPSA) is 64.4 Å². The molecule has 0 aliphatic carbocycles. The Morgan fingerprint density at radius 3 is 2.27 bits per heavy atom. The Labute approximate surface area is 92.5 Å². The first-order valence-corrected chi connectivity index (χ1v) is 5.64. The molecule has 1 amide bonds. The van der Waals surface area contributed by atoms with Crippen molar-refractivity contribution in [3.8, 4) is 0 Å². The lowest BCUT2D eigenvalue weighted by Gasteiger charge is -2.28. The van der Waals surface area contributed by atoms with Gasteiger partial charge in [0.2, 0.25) is 0 Å². The van der Waals surface area contributed by atoms with E-state index in [1.54, 1.807) is 0 Å². The second-order valence-corrected chi connectivity index (χ2v) is 4.33. The van der Waals surface area contributed by atoms with Gasteiger partial charge in [0.15, 0.2) is 0 Å². The molecule has 15 heavy (non-hydrogen) atoms. The van der Waals surface area contributed by atoms with Gasteiger partial charge in [-0.1, -0.05) is 27.7 Å². The SMILES string of the molecule is CCC(CC)(CN)C(=O)NOCC(C)C. The van der Waals surface area contributed by atoms with Crippen LogP contribution < -0.4 is 11.2 Å². The van der Waals surface area contributed by atoms with Crippen molar-refractivity contribution in [2.24, 2.45) is 17.1 Å². The van der Waals surface area contributed by atoms with E-state index in [0.717, 1.165) is 12.8 Å². The fourth-order valence-corrected chi connectivity index (χ4v) is 1.33. The van der Waals surface area contributed by atoms with E-state index >= 15 is 0 Å². The van der Waals surface area contributed by atoms with E-state index in [2.05, 4.69) is 5.48 Å². The van der Waals surface area contributed by atoms with Crippen molar-refractivity contribution >= 4 is 5.91 Å². The van der Waals surface area contributed by atoms with Crippen LogP contribution in [-0.2, 0) is 9.63 Å². The molecule has 0 unspecified atom stereocenters. The monoisotopic (exact) mass is 216 g/mol. The van der Waals surface area contributed by atoms with Crippen LogP contribution in [0.15, 0.2) is 0 Å². The third kappa shape index (κ3) is 4.18. The lowest BCUT2D eigenvalue weighted by atomic mass is 9.82. The highest BCUT2D eigenvalue weighted by atomic mass is 16.7. The third-order valence-corrected chi connectivity index (χ3v) is 2.81. The Morgan fingerprint density at radius 2 is 1.93 bits per heavy atom. The van der Waals surface area contributed by atoms with Gasteiger partial charge in [0.25, 0.3) is 5.91 Å². The highest BCUT2D eigenvalue weighted by Gasteiger charge is 2.33. The number of hydroxylamine groups is 1. The maximum absolute atomic E-state index is 11.8. The molecule has 0 aliphatic rings. The smallest absolute Gasteiger partial charge is 0.251 e. The predicted molar refractivity (Wildman–Crippen MR) is 61.0 cm³/mol. The summed E-state index contributed by atoms with van der Waals surface area (Å²) in [6.07, 6.45) is 1.47. The Bertz CT molecular complexity index is 181. The van der Waals surface area contributed by atoms with Crippen LogP contribution in [0.3, 0.4) is 0 Å². The molecule has 0 saturated carbocycles.